The Morgan fingerprint density at radius 2 is 1.93 bits per heavy atom. The van der Waals surface area contributed by atoms with Gasteiger partial charge in [-0.15, -0.1) is 5.10 Å². The number of esters is 1. The number of carbonyl (C=O) groups is 1. The summed E-state index contributed by atoms with van der Waals surface area (Å²) in [6.45, 7) is 8.09. The van der Waals surface area contributed by atoms with E-state index in [1.807, 2.05) is 57.3 Å². The quantitative estimate of drug-likeness (QED) is 0.177. The van der Waals surface area contributed by atoms with Crippen molar-refractivity contribution < 1.29 is 28.2 Å². The summed E-state index contributed by atoms with van der Waals surface area (Å²) in [5.41, 5.74) is 2.96. The molecule has 10 nitrogen and oxygen atoms in total. The van der Waals surface area contributed by atoms with E-state index in [9.17, 15) is 4.79 Å². The first-order chi connectivity index (χ1) is 20.7. The highest BCUT2D eigenvalue weighted by Gasteiger charge is 2.23. The van der Waals surface area contributed by atoms with Crippen molar-refractivity contribution in [3.8, 4) is 28.1 Å². The van der Waals surface area contributed by atoms with Crippen LogP contribution in [0.25, 0.3) is 27.4 Å². The second kappa shape index (κ2) is 11.8. The van der Waals surface area contributed by atoms with E-state index in [1.165, 1.54) is 11.3 Å². The first kappa shape index (κ1) is 28.9. The molecule has 0 spiro atoms. The maximum Gasteiger partial charge on any atom is 0.310 e. The molecular formula is C32H36N4O6S. The van der Waals surface area contributed by atoms with E-state index in [0.717, 1.165) is 47.5 Å². The first-order valence-electron chi connectivity index (χ1n) is 14.4. The van der Waals surface area contributed by atoms with Gasteiger partial charge in [-0.1, -0.05) is 12.1 Å². The molecule has 1 saturated heterocycles. The van der Waals surface area contributed by atoms with Crippen LogP contribution in [0, 0.1) is 5.92 Å². The number of aromatic nitrogens is 3. The molecule has 0 N–H and O–H groups in total. The standard InChI is InChI=1S/C32H36N4O6S/c1-32(2,3)42-29(37)13-20-8-10-22(11-9-20)35-12-6-7-21(17-35)19-40-26-14-23(38-4)15-27-24(26)16-28(41-27)25-18-36-30(33-25)43-31(34-36)39-5/h8-11,14-16,18,21H,6-7,12-13,17,19H2,1-5H3. The van der Waals surface area contributed by atoms with Gasteiger partial charge in [0.1, 0.15) is 28.4 Å². The van der Waals surface area contributed by atoms with E-state index in [-0.39, 0.29) is 12.4 Å². The highest BCUT2D eigenvalue weighted by atomic mass is 32.1. The van der Waals surface area contributed by atoms with Crippen LogP contribution in [0.2, 0.25) is 0 Å². The van der Waals surface area contributed by atoms with Gasteiger partial charge < -0.3 is 28.3 Å². The maximum absolute atomic E-state index is 12.2. The number of hydrogen-bond donors (Lipinski definition) is 0. The molecule has 11 heteroatoms. The van der Waals surface area contributed by atoms with Crippen molar-refractivity contribution >= 4 is 38.9 Å². The monoisotopic (exact) mass is 604 g/mol. The van der Waals surface area contributed by atoms with Gasteiger partial charge in [0.25, 0.3) is 5.19 Å². The molecule has 226 valence electrons. The average Bonchev–Trinajstić information content (AvgIpc) is 3.68. The second-order valence-electron chi connectivity index (χ2n) is 11.8. The summed E-state index contributed by atoms with van der Waals surface area (Å²) < 4.78 is 30.5. The van der Waals surface area contributed by atoms with Gasteiger partial charge in [-0.25, -0.2) is 9.50 Å². The van der Waals surface area contributed by atoms with Gasteiger partial charge in [0.05, 0.1) is 38.8 Å². The Bertz CT molecular complexity index is 1700. The Balaban J connectivity index is 1.13. The van der Waals surface area contributed by atoms with Crippen LogP contribution in [0.5, 0.6) is 16.7 Å². The molecule has 1 atom stereocenters. The summed E-state index contributed by atoms with van der Waals surface area (Å²) in [6.07, 6.45) is 4.25. The van der Waals surface area contributed by atoms with Gasteiger partial charge in [-0.2, -0.15) is 0 Å². The van der Waals surface area contributed by atoms with E-state index in [0.29, 0.717) is 46.3 Å². The molecule has 0 amide bonds. The Labute approximate surface area is 254 Å². The third-order valence-corrected chi connectivity index (χ3v) is 8.21. The van der Waals surface area contributed by atoms with Gasteiger partial charge in [0.2, 0.25) is 4.96 Å². The molecule has 2 aromatic carbocycles. The van der Waals surface area contributed by atoms with Crippen LogP contribution in [0.15, 0.2) is 53.1 Å². The van der Waals surface area contributed by atoms with Crippen LogP contribution in [0.3, 0.4) is 0 Å². The van der Waals surface area contributed by atoms with Crippen molar-refractivity contribution in [3.05, 3.63) is 54.2 Å². The van der Waals surface area contributed by atoms with Crippen LogP contribution in [-0.2, 0) is 16.0 Å². The molecule has 0 bridgehead atoms. The van der Waals surface area contributed by atoms with Crippen molar-refractivity contribution in [3.63, 3.8) is 0 Å². The van der Waals surface area contributed by atoms with Gasteiger partial charge in [-0.3, -0.25) is 4.79 Å². The number of fused-ring (bicyclic) bond motifs is 2. The Morgan fingerprint density at radius 3 is 2.65 bits per heavy atom. The minimum Gasteiger partial charge on any atom is -0.496 e. The number of methoxy groups -OCH3 is 2. The van der Waals surface area contributed by atoms with Crippen LogP contribution in [-0.4, -0.2) is 60.1 Å². The first-order valence-corrected chi connectivity index (χ1v) is 15.2. The zero-order valence-corrected chi connectivity index (χ0v) is 25.9. The highest BCUT2D eigenvalue weighted by molar-refractivity contribution is 7.18. The molecule has 1 aliphatic heterocycles. The molecule has 3 aromatic heterocycles. The molecule has 0 radical (unpaired) electrons. The molecule has 1 fully saturated rings. The molecule has 4 heterocycles. The fourth-order valence-corrected chi connectivity index (χ4v) is 6.04. The van der Waals surface area contributed by atoms with Crippen LogP contribution in [0.4, 0.5) is 5.69 Å². The minimum atomic E-state index is -0.484. The summed E-state index contributed by atoms with van der Waals surface area (Å²) in [5.74, 6) is 2.15. The molecule has 5 aromatic rings. The van der Waals surface area contributed by atoms with Crippen molar-refractivity contribution in [2.75, 3.05) is 38.8 Å². The predicted octanol–water partition coefficient (Wildman–Crippen LogP) is 6.40. The number of ether oxygens (including phenoxy) is 4. The van der Waals surface area contributed by atoms with Crippen LogP contribution < -0.4 is 19.1 Å². The van der Waals surface area contributed by atoms with E-state index < -0.39 is 5.60 Å². The fourth-order valence-electron chi connectivity index (χ4n) is 5.34. The van der Waals surface area contributed by atoms with Gasteiger partial charge in [0.15, 0.2) is 5.76 Å². The van der Waals surface area contributed by atoms with E-state index in [4.69, 9.17) is 23.4 Å². The lowest BCUT2D eigenvalue weighted by atomic mass is 9.98. The topological polar surface area (TPSA) is 101 Å². The number of piperidine rings is 1. The number of nitrogens with zero attached hydrogens (tertiary/aromatic N) is 4. The second-order valence-corrected chi connectivity index (χ2v) is 12.7. The predicted molar refractivity (Wildman–Crippen MR) is 166 cm³/mol. The number of carbonyl (C=O) groups excluding carboxylic acids is 1. The highest BCUT2D eigenvalue weighted by Crippen LogP contribution is 2.38. The van der Waals surface area contributed by atoms with Gasteiger partial charge in [0, 0.05) is 36.8 Å². The van der Waals surface area contributed by atoms with E-state index in [2.05, 4.69) is 27.1 Å². The molecule has 1 unspecified atom stereocenters. The van der Waals surface area contributed by atoms with Crippen LogP contribution >= 0.6 is 11.3 Å². The average molecular weight is 605 g/mol. The van der Waals surface area contributed by atoms with Crippen molar-refractivity contribution in [2.45, 2.75) is 45.6 Å². The number of imidazole rings is 1. The largest absolute Gasteiger partial charge is 0.496 e. The fraction of sp³-hybridized carbons (Fsp3) is 0.406. The number of hydrogen-bond acceptors (Lipinski definition) is 10. The molecular weight excluding hydrogens is 568 g/mol. The normalized spacial score (nSPS) is 15.7. The molecule has 6 rings (SSSR count). The number of furan rings is 1. The minimum absolute atomic E-state index is 0.214. The van der Waals surface area contributed by atoms with Crippen LogP contribution in [0.1, 0.15) is 39.2 Å². The lowest BCUT2D eigenvalue weighted by Gasteiger charge is -2.34. The van der Waals surface area contributed by atoms with Crippen molar-refractivity contribution in [1.29, 1.82) is 0 Å². The summed E-state index contributed by atoms with van der Waals surface area (Å²) in [4.78, 5) is 20.0. The third-order valence-electron chi connectivity index (χ3n) is 7.32. The third kappa shape index (κ3) is 6.56. The smallest absolute Gasteiger partial charge is 0.310 e. The zero-order chi connectivity index (χ0) is 30.1. The Kier molecular flexibility index (Phi) is 7.91. The Hall–Kier alpha value is -4.25. The van der Waals surface area contributed by atoms with Gasteiger partial charge in [-0.05, 0) is 68.7 Å². The lowest BCUT2D eigenvalue weighted by Crippen LogP contribution is -2.37. The summed E-state index contributed by atoms with van der Waals surface area (Å²) in [5, 5.41) is 5.77. The SMILES string of the molecule is COc1cc(OCC2CCCN(c3ccc(CC(=O)OC(C)(C)C)cc3)C2)c2cc(-c3cn4nc(OC)sc4n3)oc2c1. The summed E-state index contributed by atoms with van der Waals surface area (Å²) in [7, 11) is 3.22. The molecule has 43 heavy (non-hydrogen) atoms. The number of anilines is 1. The summed E-state index contributed by atoms with van der Waals surface area (Å²) >= 11 is 1.37. The molecule has 0 saturated carbocycles. The number of rotatable bonds is 9. The van der Waals surface area contributed by atoms with E-state index in [1.54, 1.807) is 18.7 Å². The summed E-state index contributed by atoms with van der Waals surface area (Å²) in [6, 6.07) is 13.9. The van der Waals surface area contributed by atoms with Crippen molar-refractivity contribution in [1.82, 2.24) is 14.6 Å². The molecule has 0 aliphatic carbocycles. The Morgan fingerprint density at radius 1 is 1.12 bits per heavy atom. The van der Waals surface area contributed by atoms with Crippen molar-refractivity contribution in [2.24, 2.45) is 5.92 Å². The zero-order valence-electron chi connectivity index (χ0n) is 25.1. The van der Waals surface area contributed by atoms with Gasteiger partial charge >= 0.3 is 5.97 Å². The lowest BCUT2D eigenvalue weighted by molar-refractivity contribution is -0.153. The molecule has 1 aliphatic rings. The number of benzene rings is 2. The maximum atomic E-state index is 12.2. The van der Waals surface area contributed by atoms with E-state index >= 15 is 0 Å².